The lowest BCUT2D eigenvalue weighted by atomic mass is 9.71. The van der Waals surface area contributed by atoms with Crippen LogP contribution >= 0.6 is 0 Å². The summed E-state index contributed by atoms with van der Waals surface area (Å²) in [5, 5.41) is 4.05. The van der Waals surface area contributed by atoms with Crippen molar-refractivity contribution in [2.45, 2.75) is 44.1 Å². The summed E-state index contributed by atoms with van der Waals surface area (Å²) in [6.45, 7) is 3.86. The van der Waals surface area contributed by atoms with Gasteiger partial charge in [0.1, 0.15) is 13.2 Å². The lowest BCUT2D eigenvalue weighted by Crippen LogP contribution is -2.48. The summed E-state index contributed by atoms with van der Waals surface area (Å²) >= 11 is 0. The molecule has 160 valence electrons. The highest BCUT2D eigenvalue weighted by Gasteiger charge is 2.47. The third-order valence-corrected chi connectivity index (χ3v) is 6.99. The lowest BCUT2D eigenvalue weighted by Gasteiger charge is -2.46. The van der Waals surface area contributed by atoms with E-state index in [9.17, 15) is 4.79 Å². The zero-order chi connectivity index (χ0) is 21.0. The van der Waals surface area contributed by atoms with Crippen molar-refractivity contribution in [3.63, 3.8) is 0 Å². The van der Waals surface area contributed by atoms with Gasteiger partial charge in [-0.25, -0.2) is 0 Å². The smallest absolute Gasteiger partial charge is 0.276 e. The summed E-state index contributed by atoms with van der Waals surface area (Å²) in [5.74, 6) is 2.47. The van der Waals surface area contributed by atoms with Crippen LogP contribution in [-0.4, -0.2) is 35.7 Å². The molecular formula is C24H24N2O5. The molecule has 1 atom stereocenters. The molecule has 0 N–H and O–H groups in total. The molecule has 1 unspecified atom stereocenters. The first-order chi connectivity index (χ1) is 15.1. The number of benzene rings is 1. The SMILES string of the molecule is CC1c2cc3c(cc2C2(CCCC2)CN1C(=O)c1cc(-c2ccco2)on1)OCCO3. The van der Waals surface area contributed by atoms with Crippen molar-refractivity contribution < 1.29 is 23.2 Å². The van der Waals surface area contributed by atoms with Gasteiger partial charge in [0.2, 0.25) is 5.76 Å². The number of hydrogen-bond acceptors (Lipinski definition) is 6. The number of aromatic nitrogens is 1. The van der Waals surface area contributed by atoms with Crippen LogP contribution < -0.4 is 9.47 Å². The van der Waals surface area contributed by atoms with Gasteiger partial charge in [0.05, 0.1) is 12.3 Å². The summed E-state index contributed by atoms with van der Waals surface area (Å²) in [6, 6.07) is 9.36. The van der Waals surface area contributed by atoms with Crippen LogP contribution in [0.25, 0.3) is 11.5 Å². The average Bonchev–Trinajstić information content (AvgIpc) is 3.56. The normalized spacial score (nSPS) is 21.3. The third kappa shape index (κ3) is 2.86. The molecule has 0 bridgehead atoms. The standard InChI is InChI=1S/C24H24N2O5/c1-15-16-11-20-21(30-10-9-29-20)12-17(16)24(6-2-3-7-24)14-26(15)23(27)18-13-22(31-25-18)19-5-4-8-28-19/h4-5,8,11-13,15H,2-3,6-7,9-10,14H2,1H3. The number of rotatable bonds is 2. The van der Waals surface area contributed by atoms with Crippen molar-refractivity contribution >= 4 is 5.91 Å². The van der Waals surface area contributed by atoms with Crippen molar-refractivity contribution in [2.24, 2.45) is 0 Å². The van der Waals surface area contributed by atoms with Crippen LogP contribution in [0.15, 0.2) is 45.5 Å². The van der Waals surface area contributed by atoms with Crippen molar-refractivity contribution in [3.05, 3.63) is 53.4 Å². The largest absolute Gasteiger partial charge is 0.486 e. The van der Waals surface area contributed by atoms with Crippen LogP contribution in [0.5, 0.6) is 11.5 Å². The van der Waals surface area contributed by atoms with Gasteiger partial charge in [0.25, 0.3) is 5.91 Å². The fourth-order valence-corrected chi connectivity index (χ4v) is 5.41. The van der Waals surface area contributed by atoms with E-state index in [1.165, 1.54) is 5.56 Å². The molecule has 1 aromatic carbocycles. The molecule has 1 aliphatic carbocycles. The van der Waals surface area contributed by atoms with E-state index < -0.39 is 0 Å². The molecule has 7 nitrogen and oxygen atoms in total. The van der Waals surface area contributed by atoms with Gasteiger partial charge in [0, 0.05) is 18.0 Å². The second-order valence-electron chi connectivity index (χ2n) is 8.73. The van der Waals surface area contributed by atoms with E-state index in [1.54, 1.807) is 24.5 Å². The van der Waals surface area contributed by atoms with E-state index in [2.05, 4.69) is 24.2 Å². The molecule has 7 heteroatoms. The van der Waals surface area contributed by atoms with Crippen LogP contribution in [0, 0.1) is 0 Å². The van der Waals surface area contributed by atoms with Crippen LogP contribution in [0.4, 0.5) is 0 Å². The molecule has 2 aliphatic heterocycles. The van der Waals surface area contributed by atoms with Gasteiger partial charge in [-0.2, -0.15) is 0 Å². The minimum atomic E-state index is -0.124. The van der Waals surface area contributed by atoms with Gasteiger partial charge in [-0.3, -0.25) is 4.79 Å². The third-order valence-electron chi connectivity index (χ3n) is 6.99. The summed E-state index contributed by atoms with van der Waals surface area (Å²) in [5.41, 5.74) is 2.69. The van der Waals surface area contributed by atoms with Crippen LogP contribution in [0.1, 0.15) is 60.3 Å². The number of amides is 1. The zero-order valence-corrected chi connectivity index (χ0v) is 17.4. The number of furan rings is 1. The van der Waals surface area contributed by atoms with Gasteiger partial charge in [-0.15, -0.1) is 0 Å². The fourth-order valence-electron chi connectivity index (χ4n) is 5.41. The van der Waals surface area contributed by atoms with Crippen molar-refractivity contribution in [1.29, 1.82) is 0 Å². The van der Waals surface area contributed by atoms with E-state index in [0.717, 1.165) is 42.7 Å². The Morgan fingerprint density at radius 3 is 2.61 bits per heavy atom. The second kappa shape index (κ2) is 6.90. The molecule has 0 radical (unpaired) electrons. The fraction of sp³-hybridized carbons (Fsp3) is 0.417. The van der Waals surface area contributed by atoms with Crippen LogP contribution in [-0.2, 0) is 5.41 Å². The zero-order valence-electron chi connectivity index (χ0n) is 17.4. The average molecular weight is 420 g/mol. The lowest BCUT2D eigenvalue weighted by molar-refractivity contribution is 0.0582. The first-order valence-electron chi connectivity index (χ1n) is 10.9. The van der Waals surface area contributed by atoms with Crippen LogP contribution in [0.3, 0.4) is 0 Å². The van der Waals surface area contributed by atoms with Gasteiger partial charge >= 0.3 is 0 Å². The Morgan fingerprint density at radius 2 is 1.87 bits per heavy atom. The maximum Gasteiger partial charge on any atom is 0.276 e. The molecule has 1 saturated carbocycles. The van der Waals surface area contributed by atoms with Gasteiger partial charge in [0.15, 0.2) is 23.0 Å². The predicted molar refractivity (Wildman–Crippen MR) is 111 cm³/mol. The Kier molecular flexibility index (Phi) is 4.13. The van der Waals surface area contributed by atoms with Crippen molar-refractivity contribution in [1.82, 2.24) is 10.1 Å². The van der Waals surface area contributed by atoms with Crippen molar-refractivity contribution in [3.8, 4) is 23.0 Å². The summed E-state index contributed by atoms with van der Waals surface area (Å²) < 4.78 is 22.5. The molecule has 31 heavy (non-hydrogen) atoms. The van der Waals surface area contributed by atoms with Crippen LogP contribution in [0.2, 0.25) is 0 Å². The Hall–Kier alpha value is -3.22. The molecule has 4 heterocycles. The Morgan fingerprint density at radius 1 is 1.10 bits per heavy atom. The number of carbonyl (C=O) groups is 1. The molecule has 0 saturated heterocycles. The van der Waals surface area contributed by atoms with Gasteiger partial charge in [-0.1, -0.05) is 18.0 Å². The summed E-state index contributed by atoms with van der Waals surface area (Å²) in [7, 11) is 0. The molecule has 1 amide bonds. The number of nitrogens with zero attached hydrogens (tertiary/aromatic N) is 2. The molecule has 3 aliphatic rings. The van der Waals surface area contributed by atoms with E-state index in [0.29, 0.717) is 37.0 Å². The Labute approximate surface area is 179 Å². The number of fused-ring (bicyclic) bond motifs is 3. The highest BCUT2D eigenvalue weighted by molar-refractivity contribution is 5.93. The quantitative estimate of drug-likeness (QED) is 0.596. The minimum absolute atomic E-state index is 0.0546. The predicted octanol–water partition coefficient (Wildman–Crippen LogP) is 4.73. The molecule has 2 aromatic heterocycles. The monoisotopic (exact) mass is 420 g/mol. The summed E-state index contributed by atoms with van der Waals surface area (Å²) in [4.78, 5) is 15.5. The maximum atomic E-state index is 13.5. The van der Waals surface area contributed by atoms with E-state index in [-0.39, 0.29) is 17.4 Å². The molecule has 3 aromatic rings. The number of ether oxygens (including phenoxy) is 2. The highest BCUT2D eigenvalue weighted by Crippen LogP contribution is 2.52. The van der Waals surface area contributed by atoms with Crippen molar-refractivity contribution in [2.75, 3.05) is 19.8 Å². The highest BCUT2D eigenvalue weighted by atomic mass is 16.6. The number of hydrogen-bond donors (Lipinski definition) is 0. The topological polar surface area (TPSA) is 77.9 Å². The van der Waals surface area contributed by atoms with Gasteiger partial charge in [-0.05, 0) is 55.2 Å². The maximum absolute atomic E-state index is 13.5. The summed E-state index contributed by atoms with van der Waals surface area (Å²) in [6.07, 6.45) is 6.02. The molecular weight excluding hydrogens is 396 g/mol. The molecule has 1 spiro atoms. The van der Waals surface area contributed by atoms with Gasteiger partial charge < -0.3 is 23.3 Å². The molecule has 6 rings (SSSR count). The molecule has 1 fully saturated rings. The Bertz CT molecular complexity index is 1130. The minimum Gasteiger partial charge on any atom is -0.486 e. The Balaban J connectivity index is 1.39. The first-order valence-corrected chi connectivity index (χ1v) is 10.9. The first kappa shape index (κ1) is 18.5. The van der Waals surface area contributed by atoms with E-state index >= 15 is 0 Å². The number of carbonyl (C=O) groups excluding carboxylic acids is 1. The van der Waals surface area contributed by atoms with E-state index in [1.807, 2.05) is 4.90 Å². The second-order valence-corrected chi connectivity index (χ2v) is 8.73. The van der Waals surface area contributed by atoms with E-state index in [4.69, 9.17) is 18.4 Å².